The Kier molecular flexibility index (Phi) is 11.8. The predicted octanol–water partition coefficient (Wildman–Crippen LogP) is 2.60. The highest BCUT2D eigenvalue weighted by Gasteiger charge is 2.05. The van der Waals surface area contributed by atoms with E-state index in [9.17, 15) is 0 Å². The molecule has 0 aromatic heterocycles. The van der Waals surface area contributed by atoms with Crippen LogP contribution in [0.3, 0.4) is 0 Å². The number of halogens is 1. The van der Waals surface area contributed by atoms with E-state index in [0.717, 1.165) is 24.0 Å². The first kappa shape index (κ1) is 19.4. The zero-order valence-electron chi connectivity index (χ0n) is 12.3. The van der Waals surface area contributed by atoms with Crippen LogP contribution < -0.4 is 15.4 Å². The second-order valence-corrected chi connectivity index (χ2v) is 5.10. The Morgan fingerprint density at radius 3 is 2.60 bits per heavy atom. The maximum absolute atomic E-state index is 5.79. The Hall–Kier alpha value is -0.630. The lowest BCUT2D eigenvalue weighted by Gasteiger charge is -2.17. The van der Waals surface area contributed by atoms with Gasteiger partial charge in [-0.2, -0.15) is 11.8 Å². The number of nitrogens with one attached hydrogen (secondary N) is 2. The van der Waals surface area contributed by atoms with Gasteiger partial charge in [0.2, 0.25) is 0 Å². The number of para-hydroxylation sites is 1. The average Bonchev–Trinajstić information content (AvgIpc) is 2.44. The minimum absolute atomic E-state index is 0. The zero-order valence-corrected chi connectivity index (χ0v) is 15.4. The van der Waals surface area contributed by atoms with Crippen LogP contribution in [0.15, 0.2) is 35.3 Å². The normalized spacial score (nSPS) is 12.2. The van der Waals surface area contributed by atoms with E-state index in [2.05, 4.69) is 21.9 Å². The topological polar surface area (TPSA) is 45.7 Å². The van der Waals surface area contributed by atoms with Gasteiger partial charge in [0.05, 0.1) is 6.54 Å². The second-order valence-electron chi connectivity index (χ2n) is 4.11. The molecular formula is C14H24IN3OS. The van der Waals surface area contributed by atoms with Crippen molar-refractivity contribution in [1.29, 1.82) is 0 Å². The van der Waals surface area contributed by atoms with Crippen molar-refractivity contribution in [2.45, 2.75) is 13.0 Å². The van der Waals surface area contributed by atoms with Crippen LogP contribution in [0.4, 0.5) is 0 Å². The quantitative estimate of drug-likeness (QED) is 0.315. The SMILES string of the molecule is CN=C(NCCSC)NCC(C)Oc1ccccc1.I. The number of nitrogens with zero attached hydrogens (tertiary/aromatic N) is 1. The first-order valence-electron chi connectivity index (χ1n) is 6.41. The van der Waals surface area contributed by atoms with Crippen LogP contribution in [0.25, 0.3) is 0 Å². The summed E-state index contributed by atoms with van der Waals surface area (Å²) in [5, 5.41) is 6.51. The number of rotatable bonds is 7. The number of benzene rings is 1. The monoisotopic (exact) mass is 409 g/mol. The number of ether oxygens (including phenoxy) is 1. The van der Waals surface area contributed by atoms with Gasteiger partial charge in [0.15, 0.2) is 5.96 Å². The Morgan fingerprint density at radius 2 is 2.00 bits per heavy atom. The van der Waals surface area contributed by atoms with Gasteiger partial charge in [-0.1, -0.05) is 18.2 Å². The van der Waals surface area contributed by atoms with Crippen molar-refractivity contribution in [2.24, 2.45) is 4.99 Å². The van der Waals surface area contributed by atoms with E-state index in [4.69, 9.17) is 4.74 Å². The summed E-state index contributed by atoms with van der Waals surface area (Å²) in [5.41, 5.74) is 0. The fraction of sp³-hybridized carbons (Fsp3) is 0.500. The van der Waals surface area contributed by atoms with E-state index in [1.807, 2.05) is 49.0 Å². The fourth-order valence-corrected chi connectivity index (χ4v) is 1.81. The van der Waals surface area contributed by atoms with Gasteiger partial charge in [0.1, 0.15) is 11.9 Å². The highest BCUT2D eigenvalue weighted by atomic mass is 127. The molecule has 0 aliphatic rings. The van der Waals surface area contributed by atoms with Gasteiger partial charge in [-0.25, -0.2) is 0 Å². The summed E-state index contributed by atoms with van der Waals surface area (Å²) >= 11 is 1.81. The van der Waals surface area contributed by atoms with Crippen LogP contribution in [0, 0.1) is 0 Å². The molecule has 4 nitrogen and oxygen atoms in total. The van der Waals surface area contributed by atoms with Crippen molar-refractivity contribution in [1.82, 2.24) is 10.6 Å². The molecule has 1 rings (SSSR count). The Bertz CT molecular complexity index is 376. The molecule has 1 aromatic rings. The largest absolute Gasteiger partial charge is 0.489 e. The smallest absolute Gasteiger partial charge is 0.191 e. The van der Waals surface area contributed by atoms with Gasteiger partial charge >= 0.3 is 0 Å². The Morgan fingerprint density at radius 1 is 1.30 bits per heavy atom. The number of thioether (sulfide) groups is 1. The fourth-order valence-electron chi connectivity index (χ4n) is 1.51. The minimum atomic E-state index is 0. The van der Waals surface area contributed by atoms with Gasteiger partial charge in [0, 0.05) is 19.3 Å². The van der Waals surface area contributed by atoms with Crippen LogP contribution in [-0.4, -0.2) is 44.2 Å². The number of hydrogen-bond acceptors (Lipinski definition) is 3. The molecule has 1 unspecified atom stereocenters. The molecule has 1 atom stereocenters. The molecule has 0 spiro atoms. The van der Waals surface area contributed by atoms with E-state index in [0.29, 0.717) is 6.54 Å². The first-order chi connectivity index (χ1) is 9.26. The summed E-state index contributed by atoms with van der Waals surface area (Å²) < 4.78 is 5.79. The maximum atomic E-state index is 5.79. The lowest BCUT2D eigenvalue weighted by Crippen LogP contribution is -2.42. The van der Waals surface area contributed by atoms with Gasteiger partial charge in [-0.3, -0.25) is 4.99 Å². The molecule has 114 valence electrons. The van der Waals surface area contributed by atoms with Gasteiger partial charge in [0.25, 0.3) is 0 Å². The summed E-state index contributed by atoms with van der Waals surface area (Å²) in [6.45, 7) is 3.66. The van der Waals surface area contributed by atoms with Crippen LogP contribution in [0.1, 0.15) is 6.92 Å². The molecule has 0 aliphatic carbocycles. The molecule has 0 saturated heterocycles. The van der Waals surface area contributed by atoms with E-state index in [1.54, 1.807) is 7.05 Å². The minimum Gasteiger partial charge on any atom is -0.489 e. The number of aliphatic imine (C=N–C) groups is 1. The molecule has 0 heterocycles. The second kappa shape index (κ2) is 12.1. The Labute approximate surface area is 143 Å². The van der Waals surface area contributed by atoms with Crippen molar-refractivity contribution < 1.29 is 4.74 Å². The average molecular weight is 409 g/mol. The van der Waals surface area contributed by atoms with Crippen molar-refractivity contribution in [3.63, 3.8) is 0 Å². The van der Waals surface area contributed by atoms with Crippen LogP contribution in [-0.2, 0) is 0 Å². The molecule has 6 heteroatoms. The lowest BCUT2D eigenvalue weighted by molar-refractivity contribution is 0.224. The van der Waals surface area contributed by atoms with Crippen LogP contribution in [0.5, 0.6) is 5.75 Å². The molecule has 0 saturated carbocycles. The van der Waals surface area contributed by atoms with Gasteiger partial charge in [-0.05, 0) is 25.3 Å². The summed E-state index contributed by atoms with van der Waals surface area (Å²) in [5.74, 6) is 2.77. The third kappa shape index (κ3) is 8.52. The molecule has 20 heavy (non-hydrogen) atoms. The van der Waals surface area contributed by atoms with Crippen LogP contribution >= 0.6 is 35.7 Å². The molecule has 0 amide bonds. The van der Waals surface area contributed by atoms with Crippen LogP contribution in [0.2, 0.25) is 0 Å². The van der Waals surface area contributed by atoms with Crippen molar-refractivity contribution in [3.05, 3.63) is 30.3 Å². The lowest BCUT2D eigenvalue weighted by atomic mass is 10.3. The third-order valence-electron chi connectivity index (χ3n) is 2.46. The van der Waals surface area contributed by atoms with E-state index < -0.39 is 0 Å². The molecule has 2 N–H and O–H groups in total. The Balaban J connectivity index is 0.00000361. The first-order valence-corrected chi connectivity index (χ1v) is 7.80. The molecule has 0 bridgehead atoms. The van der Waals surface area contributed by atoms with Crippen molar-refractivity contribution >= 4 is 41.7 Å². The van der Waals surface area contributed by atoms with E-state index in [-0.39, 0.29) is 30.1 Å². The van der Waals surface area contributed by atoms with Crippen molar-refractivity contribution in [3.8, 4) is 5.75 Å². The standard InChI is InChI=1S/C14H23N3OS.HI/c1-12(18-13-7-5-4-6-8-13)11-17-14(15-2)16-9-10-19-3;/h4-8,12H,9-11H2,1-3H3,(H2,15,16,17);1H. The number of guanidine groups is 1. The molecule has 0 fully saturated rings. The summed E-state index contributed by atoms with van der Waals surface area (Å²) in [6.07, 6.45) is 2.18. The molecular weight excluding hydrogens is 385 g/mol. The molecule has 1 aromatic carbocycles. The molecule has 0 radical (unpaired) electrons. The van der Waals surface area contributed by atoms with Crippen molar-refractivity contribution in [2.75, 3.05) is 32.1 Å². The summed E-state index contributed by atoms with van der Waals surface area (Å²) in [7, 11) is 1.77. The molecule has 0 aliphatic heterocycles. The summed E-state index contributed by atoms with van der Waals surface area (Å²) in [4.78, 5) is 4.17. The van der Waals surface area contributed by atoms with E-state index in [1.165, 1.54) is 0 Å². The number of hydrogen-bond donors (Lipinski definition) is 2. The summed E-state index contributed by atoms with van der Waals surface area (Å²) in [6, 6.07) is 9.84. The zero-order chi connectivity index (χ0) is 13.9. The highest BCUT2D eigenvalue weighted by Crippen LogP contribution is 2.10. The highest BCUT2D eigenvalue weighted by molar-refractivity contribution is 14.0. The van der Waals surface area contributed by atoms with Gasteiger partial charge in [-0.15, -0.1) is 24.0 Å². The van der Waals surface area contributed by atoms with E-state index >= 15 is 0 Å². The van der Waals surface area contributed by atoms with Gasteiger partial charge < -0.3 is 15.4 Å². The third-order valence-corrected chi connectivity index (χ3v) is 3.07. The maximum Gasteiger partial charge on any atom is 0.191 e. The predicted molar refractivity (Wildman–Crippen MR) is 99.7 cm³/mol.